The van der Waals surface area contributed by atoms with Gasteiger partial charge in [0.25, 0.3) is 0 Å². The second-order valence-corrected chi connectivity index (χ2v) is 22.5. The van der Waals surface area contributed by atoms with Crippen LogP contribution in [-0.2, 0) is 21.7 Å². The second kappa shape index (κ2) is 13.0. The van der Waals surface area contributed by atoms with Gasteiger partial charge in [-0.15, -0.1) is 0 Å². The number of furan rings is 1. The Morgan fingerprint density at radius 3 is 1.92 bits per heavy atom. The van der Waals surface area contributed by atoms with Crippen molar-refractivity contribution in [1.29, 1.82) is 0 Å². The molecule has 4 heteroatoms. The zero-order valence-corrected chi connectivity index (χ0v) is 39.7. The number of hydrogen-bond acceptors (Lipinski definition) is 2. The Labute approximate surface area is 388 Å². The highest BCUT2D eigenvalue weighted by molar-refractivity contribution is 6.73. The van der Waals surface area contributed by atoms with Gasteiger partial charge in [0, 0.05) is 66.6 Å². The van der Waals surface area contributed by atoms with E-state index in [-0.39, 0.29) is 21.7 Å². The topological polar surface area (TPSA) is 30.1 Å². The molecule has 3 heterocycles. The predicted octanol–water partition coefficient (Wildman–Crippen LogP) is 15.3. The van der Waals surface area contributed by atoms with E-state index >= 15 is 0 Å². The van der Waals surface area contributed by atoms with Gasteiger partial charge in [-0.3, -0.25) is 0 Å². The third kappa shape index (κ3) is 5.39. The Balaban J connectivity index is 1.11. The van der Waals surface area contributed by atoms with Crippen molar-refractivity contribution < 1.29 is 4.42 Å². The Morgan fingerprint density at radius 1 is 0.485 bits per heavy atom. The first-order valence-electron chi connectivity index (χ1n) is 23.7. The van der Waals surface area contributed by atoms with Crippen molar-refractivity contribution in [3.05, 3.63) is 173 Å². The number of nitrogens with one attached hydrogen (secondary N) is 1. The number of anilines is 2. The van der Waals surface area contributed by atoms with E-state index in [0.717, 1.165) is 39.0 Å². The molecule has 10 aromatic rings. The Morgan fingerprint density at radius 2 is 1.15 bits per heavy atom. The molecule has 0 saturated heterocycles. The van der Waals surface area contributed by atoms with Crippen molar-refractivity contribution in [2.24, 2.45) is 0 Å². The van der Waals surface area contributed by atoms with Gasteiger partial charge in [-0.25, -0.2) is 0 Å². The molecule has 1 N–H and O–H groups in total. The van der Waals surface area contributed by atoms with Gasteiger partial charge in [-0.1, -0.05) is 166 Å². The van der Waals surface area contributed by atoms with Crippen molar-refractivity contribution in [3.8, 4) is 39.1 Å². The molecule has 1 aliphatic heterocycles. The average molecular weight is 854 g/mol. The lowest BCUT2D eigenvalue weighted by molar-refractivity contribution is 0.589. The number of para-hydroxylation sites is 1. The molecule has 1 radical (unpaired) electrons. The third-order valence-corrected chi connectivity index (χ3v) is 15.7. The molecule has 321 valence electrons. The molecule has 0 atom stereocenters. The van der Waals surface area contributed by atoms with E-state index in [1.165, 1.54) is 99.5 Å². The summed E-state index contributed by atoms with van der Waals surface area (Å²) in [5, 5.41) is 8.83. The summed E-state index contributed by atoms with van der Waals surface area (Å²) in [6, 6.07) is 53.1. The molecule has 0 saturated carbocycles. The summed E-state index contributed by atoms with van der Waals surface area (Å²) in [4.78, 5) is 0. The minimum atomic E-state index is -0.173. The zero-order chi connectivity index (χ0) is 45.4. The SMILES string of the molecule is CC(C)(C)c1ccc(Nc2cc3c(cc2-c2ccc4c5cc6c(cc5n5c4c2[B]c2cc4c(cc2-5)oc2ccccc24)-c2ccccc2C6(C)C)-c2cc(C(C)(C)C)ccc2C3(C)C)cc1. The molecular weight excluding hydrogens is 800 g/mol. The quantitative estimate of drug-likeness (QED) is 0.180. The minimum Gasteiger partial charge on any atom is -0.456 e. The maximum absolute atomic E-state index is 6.61. The number of rotatable bonds is 3. The number of nitrogens with zero attached hydrogens (tertiary/aromatic N) is 1. The van der Waals surface area contributed by atoms with Crippen molar-refractivity contribution >= 4 is 73.3 Å². The fraction of sp³-hybridized carbons (Fsp3) is 0.226. The van der Waals surface area contributed by atoms with E-state index in [1.807, 2.05) is 0 Å². The lowest BCUT2D eigenvalue weighted by Crippen LogP contribution is -2.37. The van der Waals surface area contributed by atoms with Gasteiger partial charge >= 0.3 is 0 Å². The highest BCUT2D eigenvalue weighted by atomic mass is 16.3. The van der Waals surface area contributed by atoms with Crippen LogP contribution in [0, 0.1) is 0 Å². The monoisotopic (exact) mass is 853 g/mol. The first-order chi connectivity index (χ1) is 31.5. The minimum absolute atomic E-state index is 0.0274. The molecule has 2 aliphatic carbocycles. The van der Waals surface area contributed by atoms with Crippen LogP contribution in [0.4, 0.5) is 11.4 Å². The van der Waals surface area contributed by atoms with Gasteiger partial charge in [0.15, 0.2) is 7.28 Å². The Kier molecular flexibility index (Phi) is 7.78. The maximum Gasteiger partial charge on any atom is 0.197 e. The van der Waals surface area contributed by atoms with Gasteiger partial charge in [0.1, 0.15) is 11.2 Å². The summed E-state index contributed by atoms with van der Waals surface area (Å²) in [5.41, 5.74) is 25.7. The van der Waals surface area contributed by atoms with Gasteiger partial charge in [-0.2, -0.15) is 0 Å². The normalized spacial score (nSPS) is 15.2. The van der Waals surface area contributed by atoms with Gasteiger partial charge in [-0.05, 0) is 120 Å². The molecular formula is C62H54BN2O. The van der Waals surface area contributed by atoms with Crippen LogP contribution < -0.4 is 16.2 Å². The van der Waals surface area contributed by atoms with Crippen LogP contribution in [0.3, 0.4) is 0 Å². The van der Waals surface area contributed by atoms with E-state index < -0.39 is 0 Å². The van der Waals surface area contributed by atoms with Gasteiger partial charge in [0.2, 0.25) is 0 Å². The molecule has 0 amide bonds. The van der Waals surface area contributed by atoms with Crippen LogP contribution in [0.5, 0.6) is 0 Å². The second-order valence-electron chi connectivity index (χ2n) is 22.5. The van der Waals surface area contributed by atoms with Crippen LogP contribution in [0.15, 0.2) is 144 Å². The zero-order valence-electron chi connectivity index (χ0n) is 39.7. The molecule has 0 bridgehead atoms. The molecule has 66 heavy (non-hydrogen) atoms. The molecule has 0 fully saturated rings. The van der Waals surface area contributed by atoms with Crippen LogP contribution in [0.2, 0.25) is 0 Å². The largest absolute Gasteiger partial charge is 0.456 e. The van der Waals surface area contributed by atoms with Crippen LogP contribution in [0.25, 0.3) is 82.8 Å². The van der Waals surface area contributed by atoms with Crippen molar-refractivity contribution in [3.63, 3.8) is 0 Å². The molecule has 3 nitrogen and oxygen atoms in total. The summed E-state index contributed by atoms with van der Waals surface area (Å²) in [6.45, 7) is 23.4. The van der Waals surface area contributed by atoms with Gasteiger partial charge < -0.3 is 14.3 Å². The summed E-state index contributed by atoms with van der Waals surface area (Å²) >= 11 is 0. The smallest absolute Gasteiger partial charge is 0.197 e. The molecule has 0 spiro atoms. The molecule has 2 aromatic heterocycles. The number of fused-ring (bicyclic) bond motifs is 14. The van der Waals surface area contributed by atoms with Crippen LogP contribution in [-0.4, -0.2) is 11.8 Å². The summed E-state index contributed by atoms with van der Waals surface area (Å²) in [6.07, 6.45) is 0. The summed E-state index contributed by atoms with van der Waals surface area (Å²) in [7, 11) is 2.46. The van der Waals surface area contributed by atoms with E-state index in [0.29, 0.717) is 0 Å². The first kappa shape index (κ1) is 39.6. The molecule has 3 aliphatic rings. The van der Waals surface area contributed by atoms with Crippen molar-refractivity contribution in [2.75, 3.05) is 5.32 Å². The maximum atomic E-state index is 6.61. The molecule has 13 rings (SSSR count). The number of hydrogen-bond donors (Lipinski definition) is 1. The fourth-order valence-electron chi connectivity index (χ4n) is 12.0. The van der Waals surface area contributed by atoms with Crippen molar-refractivity contribution in [2.45, 2.75) is 90.9 Å². The molecule has 0 unspecified atom stereocenters. The number of aromatic nitrogens is 1. The van der Waals surface area contributed by atoms with E-state index in [9.17, 15) is 0 Å². The summed E-state index contributed by atoms with van der Waals surface area (Å²) < 4.78 is 9.17. The highest BCUT2D eigenvalue weighted by Crippen LogP contribution is 2.54. The standard InChI is InChI=1S/C62H54BN2O/c1-59(2,3)34-19-22-36(23-20-34)64-52-32-50-42(41-27-35(60(4,5)6)21-26-48(41)62(50,9)10)28-44(52)39-24-25-40-45-29-49-43(37-15-11-13-17-47(37)61(49,7)8)31-53(45)65-54-33-56-46(30-51(54)63-57(39)58(40)65)38-16-12-14-18-55(38)66-56/h11-33,64H,1-10H3. The lowest BCUT2D eigenvalue weighted by Gasteiger charge is -2.26. The average Bonchev–Trinajstić information content (AvgIpc) is 3.95. The van der Waals surface area contributed by atoms with Crippen LogP contribution >= 0.6 is 0 Å². The van der Waals surface area contributed by atoms with E-state index in [1.54, 1.807) is 0 Å². The number of benzene rings is 8. The van der Waals surface area contributed by atoms with E-state index in [2.05, 4.69) is 226 Å². The Hall–Kier alpha value is -6.78. The van der Waals surface area contributed by atoms with E-state index in [4.69, 9.17) is 4.42 Å². The lowest BCUT2D eigenvalue weighted by atomic mass is 9.59. The predicted molar refractivity (Wildman–Crippen MR) is 281 cm³/mol. The molecule has 8 aromatic carbocycles. The third-order valence-electron chi connectivity index (χ3n) is 15.7. The van der Waals surface area contributed by atoms with Crippen LogP contribution in [0.1, 0.15) is 103 Å². The first-order valence-corrected chi connectivity index (χ1v) is 23.7. The highest BCUT2D eigenvalue weighted by Gasteiger charge is 2.39. The van der Waals surface area contributed by atoms with Gasteiger partial charge in [0.05, 0.1) is 5.52 Å². The summed E-state index contributed by atoms with van der Waals surface area (Å²) in [5.74, 6) is 0. The van der Waals surface area contributed by atoms with Crippen molar-refractivity contribution in [1.82, 2.24) is 4.57 Å². The Bertz CT molecular complexity index is 3770. The fourth-order valence-corrected chi connectivity index (χ4v) is 12.0.